The molecule has 8 heteroatoms. The van der Waals surface area contributed by atoms with E-state index in [9.17, 15) is 14.9 Å². The van der Waals surface area contributed by atoms with Gasteiger partial charge < -0.3 is 4.74 Å². The van der Waals surface area contributed by atoms with Gasteiger partial charge in [-0.1, -0.05) is 0 Å². The Balaban J connectivity index is 2.00. The minimum absolute atomic E-state index is 0.135. The molecule has 1 heterocycles. The molecule has 1 saturated heterocycles. The molecule has 1 aromatic carbocycles. The van der Waals surface area contributed by atoms with E-state index < -0.39 is 17.1 Å². The molecule has 1 aliphatic heterocycles. The quantitative estimate of drug-likeness (QED) is 0.483. The lowest BCUT2D eigenvalue weighted by molar-refractivity contribution is -0.384. The average molecular weight is 392 g/mol. The summed E-state index contributed by atoms with van der Waals surface area (Å²) in [6.07, 6.45) is 2.22. The Labute approximate surface area is 128 Å². The van der Waals surface area contributed by atoms with Crippen molar-refractivity contribution in [1.82, 2.24) is 5.48 Å². The number of nitrogens with one attached hydrogen (secondary N) is 1. The van der Waals surface area contributed by atoms with E-state index in [-0.39, 0.29) is 11.3 Å². The molecular weight excluding hydrogens is 379 g/mol. The van der Waals surface area contributed by atoms with E-state index in [0.717, 1.165) is 12.8 Å². The van der Waals surface area contributed by atoms with Gasteiger partial charge in [0.25, 0.3) is 11.6 Å². The van der Waals surface area contributed by atoms with Crippen LogP contribution in [-0.2, 0) is 9.57 Å². The van der Waals surface area contributed by atoms with E-state index in [1.807, 2.05) is 22.6 Å². The minimum atomic E-state index is -0.544. The zero-order valence-electron chi connectivity index (χ0n) is 10.5. The molecule has 1 amide bonds. The standard InChI is InChI=1S/C12H13IN2O5/c13-10-5-4-8(15(17)18)7-9(10)12(16)14-20-11-3-1-2-6-19-11/h4-5,7,11H,1-3,6H2,(H,14,16)/t11-/m1/s1. The van der Waals surface area contributed by atoms with Crippen LogP contribution < -0.4 is 5.48 Å². The number of hydroxylamine groups is 1. The van der Waals surface area contributed by atoms with Gasteiger partial charge in [0.1, 0.15) is 0 Å². The van der Waals surface area contributed by atoms with E-state index in [4.69, 9.17) is 9.57 Å². The molecular formula is C12H13IN2O5. The molecule has 0 bridgehead atoms. The maximum atomic E-state index is 12.0. The molecule has 1 fully saturated rings. The molecule has 20 heavy (non-hydrogen) atoms. The molecule has 0 spiro atoms. The van der Waals surface area contributed by atoms with Gasteiger partial charge in [-0.2, -0.15) is 0 Å². The summed E-state index contributed by atoms with van der Waals surface area (Å²) in [7, 11) is 0. The fraction of sp³-hybridized carbons (Fsp3) is 0.417. The van der Waals surface area contributed by atoms with Crippen molar-refractivity contribution in [2.24, 2.45) is 0 Å². The third-order valence-corrected chi connectivity index (χ3v) is 3.77. The molecule has 1 N–H and O–H groups in total. The number of ether oxygens (including phenoxy) is 1. The maximum Gasteiger partial charge on any atom is 0.276 e. The number of halogens is 1. The number of hydrogen-bond donors (Lipinski definition) is 1. The Kier molecular flexibility index (Phi) is 5.26. The SMILES string of the molecule is O=C(NO[C@@H]1CCCCO1)c1cc([N+](=O)[O-])ccc1I. The molecule has 7 nitrogen and oxygen atoms in total. The van der Waals surface area contributed by atoms with Crippen LogP contribution in [0.5, 0.6) is 0 Å². The number of nitrogens with zero attached hydrogens (tertiary/aromatic N) is 1. The van der Waals surface area contributed by atoms with Crippen molar-refractivity contribution in [3.8, 4) is 0 Å². The lowest BCUT2D eigenvalue weighted by Crippen LogP contribution is -2.33. The first-order valence-electron chi connectivity index (χ1n) is 6.09. The average Bonchev–Trinajstić information content (AvgIpc) is 2.46. The monoisotopic (exact) mass is 392 g/mol. The number of amides is 1. The van der Waals surface area contributed by atoms with Crippen molar-refractivity contribution in [2.45, 2.75) is 25.6 Å². The zero-order valence-corrected chi connectivity index (χ0v) is 12.7. The summed E-state index contributed by atoms with van der Waals surface area (Å²) in [5.74, 6) is -0.521. The fourth-order valence-electron chi connectivity index (χ4n) is 1.78. The number of rotatable bonds is 4. The normalized spacial score (nSPS) is 18.6. The number of benzene rings is 1. The van der Waals surface area contributed by atoms with E-state index >= 15 is 0 Å². The van der Waals surface area contributed by atoms with Gasteiger partial charge >= 0.3 is 0 Å². The van der Waals surface area contributed by atoms with Gasteiger partial charge in [-0.05, 0) is 41.5 Å². The van der Waals surface area contributed by atoms with E-state index in [2.05, 4.69) is 5.48 Å². The lowest BCUT2D eigenvalue weighted by Gasteiger charge is -2.22. The summed E-state index contributed by atoms with van der Waals surface area (Å²) >= 11 is 1.94. The van der Waals surface area contributed by atoms with Crippen molar-refractivity contribution >= 4 is 34.2 Å². The Morgan fingerprint density at radius 3 is 2.95 bits per heavy atom. The molecule has 0 saturated carbocycles. The summed E-state index contributed by atoms with van der Waals surface area (Å²) in [6.45, 7) is 0.606. The molecule has 0 unspecified atom stereocenters. The van der Waals surface area contributed by atoms with Gasteiger partial charge in [0.15, 0.2) is 6.29 Å². The smallest absolute Gasteiger partial charge is 0.276 e. The Morgan fingerprint density at radius 1 is 1.50 bits per heavy atom. The van der Waals surface area contributed by atoms with Crippen LogP contribution in [0.15, 0.2) is 18.2 Å². The highest BCUT2D eigenvalue weighted by Gasteiger charge is 2.19. The third kappa shape index (κ3) is 3.87. The van der Waals surface area contributed by atoms with Crippen molar-refractivity contribution in [2.75, 3.05) is 6.61 Å². The van der Waals surface area contributed by atoms with Crippen LogP contribution in [0.3, 0.4) is 0 Å². The second-order valence-electron chi connectivity index (χ2n) is 4.27. The van der Waals surface area contributed by atoms with Crippen molar-refractivity contribution in [1.29, 1.82) is 0 Å². The highest BCUT2D eigenvalue weighted by atomic mass is 127. The van der Waals surface area contributed by atoms with Gasteiger partial charge in [0, 0.05) is 28.7 Å². The number of nitro groups is 1. The van der Waals surface area contributed by atoms with Crippen LogP contribution in [0, 0.1) is 13.7 Å². The lowest BCUT2D eigenvalue weighted by atomic mass is 10.2. The summed E-state index contributed by atoms with van der Waals surface area (Å²) in [5, 5.41) is 10.7. The van der Waals surface area contributed by atoms with Crippen molar-refractivity contribution in [3.63, 3.8) is 0 Å². The van der Waals surface area contributed by atoms with Crippen LogP contribution >= 0.6 is 22.6 Å². The molecule has 0 aromatic heterocycles. The Hall–Kier alpha value is -1.26. The predicted octanol–water partition coefficient (Wildman–Crippen LogP) is 2.39. The zero-order chi connectivity index (χ0) is 14.5. The van der Waals surface area contributed by atoms with Crippen LogP contribution in [0.25, 0.3) is 0 Å². The molecule has 1 atom stereocenters. The number of nitro benzene ring substituents is 1. The molecule has 1 aliphatic rings. The van der Waals surface area contributed by atoms with Gasteiger partial charge in [0.05, 0.1) is 10.5 Å². The van der Waals surface area contributed by atoms with Crippen LogP contribution in [-0.4, -0.2) is 23.7 Å². The topological polar surface area (TPSA) is 90.7 Å². The number of hydrogen-bond acceptors (Lipinski definition) is 5. The first-order chi connectivity index (χ1) is 9.58. The number of carbonyl (C=O) groups is 1. The fourth-order valence-corrected chi connectivity index (χ4v) is 2.36. The van der Waals surface area contributed by atoms with Crippen LogP contribution in [0.2, 0.25) is 0 Å². The second-order valence-corrected chi connectivity index (χ2v) is 5.43. The molecule has 0 radical (unpaired) electrons. The minimum Gasteiger partial charge on any atom is -0.350 e. The first kappa shape index (κ1) is 15.1. The van der Waals surface area contributed by atoms with E-state index in [0.29, 0.717) is 16.6 Å². The highest BCUT2D eigenvalue weighted by Crippen LogP contribution is 2.20. The Morgan fingerprint density at radius 2 is 2.30 bits per heavy atom. The van der Waals surface area contributed by atoms with Crippen LogP contribution in [0.4, 0.5) is 5.69 Å². The molecule has 1 aromatic rings. The van der Waals surface area contributed by atoms with Gasteiger partial charge in [0.2, 0.25) is 0 Å². The third-order valence-electron chi connectivity index (χ3n) is 2.83. The predicted molar refractivity (Wildman–Crippen MR) is 78.0 cm³/mol. The van der Waals surface area contributed by atoms with Crippen LogP contribution in [0.1, 0.15) is 29.6 Å². The van der Waals surface area contributed by atoms with Gasteiger partial charge in [-0.3, -0.25) is 14.9 Å². The summed E-state index contributed by atoms with van der Waals surface area (Å²) in [4.78, 5) is 27.3. The van der Waals surface area contributed by atoms with Gasteiger partial charge in [-0.25, -0.2) is 10.3 Å². The van der Waals surface area contributed by atoms with E-state index in [1.165, 1.54) is 18.2 Å². The first-order valence-corrected chi connectivity index (χ1v) is 7.17. The molecule has 2 rings (SSSR count). The summed E-state index contributed by atoms with van der Waals surface area (Å²) in [5.41, 5.74) is 2.35. The summed E-state index contributed by atoms with van der Waals surface area (Å²) in [6, 6.07) is 4.09. The van der Waals surface area contributed by atoms with Crippen molar-refractivity contribution < 1.29 is 19.3 Å². The highest BCUT2D eigenvalue weighted by molar-refractivity contribution is 14.1. The Bertz CT molecular complexity index is 517. The van der Waals surface area contributed by atoms with E-state index in [1.54, 1.807) is 0 Å². The largest absolute Gasteiger partial charge is 0.350 e. The summed E-state index contributed by atoms with van der Waals surface area (Å²) < 4.78 is 5.92. The maximum absolute atomic E-state index is 12.0. The van der Waals surface area contributed by atoms with Gasteiger partial charge in [-0.15, -0.1) is 0 Å². The number of carbonyl (C=O) groups excluding carboxylic acids is 1. The number of non-ortho nitro benzene ring substituents is 1. The molecule has 108 valence electrons. The second kappa shape index (κ2) is 6.95. The molecule has 0 aliphatic carbocycles. The van der Waals surface area contributed by atoms with Crippen molar-refractivity contribution in [3.05, 3.63) is 37.4 Å².